The number of halogens is 1. The Morgan fingerprint density at radius 1 is 1.13 bits per heavy atom. The molecule has 1 heterocycles. The van der Waals surface area contributed by atoms with E-state index in [9.17, 15) is 4.79 Å². The number of para-hydroxylation sites is 2. The van der Waals surface area contributed by atoms with Gasteiger partial charge in [-0.15, -0.1) is 0 Å². The Morgan fingerprint density at radius 3 is 2.61 bits per heavy atom. The third-order valence-corrected chi connectivity index (χ3v) is 4.01. The summed E-state index contributed by atoms with van der Waals surface area (Å²) in [4.78, 5) is 17.1. The van der Waals surface area contributed by atoms with E-state index in [2.05, 4.69) is 4.98 Å². The van der Waals surface area contributed by atoms with Crippen molar-refractivity contribution in [2.24, 2.45) is 0 Å². The summed E-state index contributed by atoms with van der Waals surface area (Å²) in [6.45, 7) is 0.331. The van der Waals surface area contributed by atoms with Crippen LogP contribution < -0.4 is 0 Å². The first kappa shape index (κ1) is 15.7. The lowest BCUT2D eigenvalue weighted by atomic mass is 10.1. The molecule has 0 amide bonds. The van der Waals surface area contributed by atoms with E-state index in [1.807, 2.05) is 28.8 Å². The number of aliphatic hydroxyl groups is 1. The number of carbonyl (C=O) groups is 1. The molecule has 0 bridgehead atoms. The van der Waals surface area contributed by atoms with Crippen LogP contribution in [0, 0.1) is 0 Å². The molecule has 2 aromatic carbocycles. The normalized spacial score (nSPS) is 11.0. The van der Waals surface area contributed by atoms with Crippen LogP contribution >= 0.6 is 11.6 Å². The number of aryl methyl sites for hydroxylation is 1. The van der Waals surface area contributed by atoms with Crippen molar-refractivity contribution >= 4 is 28.4 Å². The zero-order chi connectivity index (χ0) is 16.2. The SMILES string of the molecule is O=C(Cn1c(CCCO)nc2ccccc21)c1ccc(Cl)cc1. The monoisotopic (exact) mass is 328 g/mol. The van der Waals surface area contributed by atoms with Gasteiger partial charge in [-0.05, 0) is 42.8 Å². The molecule has 1 N–H and O–H groups in total. The average Bonchev–Trinajstić information content (AvgIpc) is 2.91. The fraction of sp³-hybridized carbons (Fsp3) is 0.222. The molecular weight excluding hydrogens is 312 g/mol. The summed E-state index contributed by atoms with van der Waals surface area (Å²) in [6.07, 6.45) is 1.26. The highest BCUT2D eigenvalue weighted by atomic mass is 35.5. The molecule has 3 aromatic rings. The Hall–Kier alpha value is -2.17. The molecule has 3 rings (SSSR count). The van der Waals surface area contributed by atoms with Gasteiger partial charge < -0.3 is 9.67 Å². The number of fused-ring (bicyclic) bond motifs is 1. The number of Topliss-reactive ketones (excluding diaryl/α,β-unsaturated/α-hetero) is 1. The van der Waals surface area contributed by atoms with Crippen molar-refractivity contribution < 1.29 is 9.90 Å². The molecule has 0 atom stereocenters. The molecule has 0 saturated carbocycles. The van der Waals surface area contributed by atoms with Gasteiger partial charge in [0.25, 0.3) is 0 Å². The minimum atomic E-state index is 0.00932. The second kappa shape index (κ2) is 6.94. The van der Waals surface area contributed by atoms with Crippen molar-refractivity contribution in [2.75, 3.05) is 6.61 Å². The molecule has 1 aromatic heterocycles. The highest BCUT2D eigenvalue weighted by Gasteiger charge is 2.14. The van der Waals surface area contributed by atoms with Crippen LogP contribution in [-0.4, -0.2) is 27.0 Å². The lowest BCUT2D eigenvalue weighted by Gasteiger charge is -2.08. The molecule has 23 heavy (non-hydrogen) atoms. The van der Waals surface area contributed by atoms with Crippen molar-refractivity contribution in [1.29, 1.82) is 0 Å². The number of carbonyl (C=O) groups excluding carboxylic acids is 1. The lowest BCUT2D eigenvalue weighted by molar-refractivity contribution is 0.0972. The molecule has 118 valence electrons. The van der Waals surface area contributed by atoms with Crippen LogP contribution in [0.1, 0.15) is 22.6 Å². The molecule has 4 nitrogen and oxygen atoms in total. The first-order chi connectivity index (χ1) is 11.2. The van der Waals surface area contributed by atoms with Crippen LogP contribution in [0.15, 0.2) is 48.5 Å². The van der Waals surface area contributed by atoms with E-state index in [0.717, 1.165) is 16.9 Å². The van der Waals surface area contributed by atoms with Crippen molar-refractivity contribution in [3.05, 3.63) is 64.9 Å². The van der Waals surface area contributed by atoms with Crippen LogP contribution in [0.2, 0.25) is 5.02 Å². The van der Waals surface area contributed by atoms with E-state index in [1.54, 1.807) is 24.3 Å². The van der Waals surface area contributed by atoms with Gasteiger partial charge in [0, 0.05) is 23.6 Å². The number of aliphatic hydroxyl groups excluding tert-OH is 1. The van der Waals surface area contributed by atoms with Gasteiger partial charge >= 0.3 is 0 Å². The minimum Gasteiger partial charge on any atom is -0.396 e. The van der Waals surface area contributed by atoms with E-state index in [0.29, 0.717) is 23.4 Å². The molecule has 0 saturated heterocycles. The van der Waals surface area contributed by atoms with Crippen LogP contribution in [-0.2, 0) is 13.0 Å². The van der Waals surface area contributed by atoms with Crippen molar-refractivity contribution in [1.82, 2.24) is 9.55 Å². The number of hydrogen-bond acceptors (Lipinski definition) is 3. The van der Waals surface area contributed by atoms with Crippen LogP contribution in [0.3, 0.4) is 0 Å². The number of imidazole rings is 1. The maximum atomic E-state index is 12.6. The van der Waals surface area contributed by atoms with Gasteiger partial charge in [-0.3, -0.25) is 4.79 Å². The molecule has 0 aliphatic carbocycles. The van der Waals surface area contributed by atoms with Gasteiger partial charge in [0.1, 0.15) is 5.82 Å². The summed E-state index contributed by atoms with van der Waals surface area (Å²) in [5.41, 5.74) is 2.42. The molecule has 0 spiro atoms. The molecular formula is C18H17ClN2O2. The third kappa shape index (κ3) is 3.44. The van der Waals surface area contributed by atoms with Crippen LogP contribution in [0.4, 0.5) is 0 Å². The van der Waals surface area contributed by atoms with Crippen LogP contribution in [0.5, 0.6) is 0 Å². The van der Waals surface area contributed by atoms with Gasteiger partial charge in [-0.1, -0.05) is 23.7 Å². The topological polar surface area (TPSA) is 55.1 Å². The number of ketones is 1. The van der Waals surface area contributed by atoms with Gasteiger partial charge in [0.2, 0.25) is 0 Å². The van der Waals surface area contributed by atoms with Crippen molar-refractivity contribution in [2.45, 2.75) is 19.4 Å². The molecule has 0 fully saturated rings. The second-order valence-corrected chi connectivity index (χ2v) is 5.80. The summed E-state index contributed by atoms with van der Waals surface area (Å²) < 4.78 is 1.93. The van der Waals surface area contributed by atoms with E-state index >= 15 is 0 Å². The van der Waals surface area contributed by atoms with Gasteiger partial charge in [0.05, 0.1) is 17.6 Å². The molecule has 5 heteroatoms. The summed E-state index contributed by atoms with van der Waals surface area (Å²) in [7, 11) is 0. The predicted molar refractivity (Wildman–Crippen MR) is 90.9 cm³/mol. The third-order valence-electron chi connectivity index (χ3n) is 3.76. The number of hydrogen-bond donors (Lipinski definition) is 1. The van der Waals surface area contributed by atoms with Crippen LogP contribution in [0.25, 0.3) is 11.0 Å². The minimum absolute atomic E-state index is 0.00932. The number of rotatable bonds is 6. The Bertz CT molecular complexity index is 825. The highest BCUT2D eigenvalue weighted by molar-refractivity contribution is 6.30. The zero-order valence-electron chi connectivity index (χ0n) is 12.6. The van der Waals surface area contributed by atoms with E-state index in [1.165, 1.54) is 0 Å². The highest BCUT2D eigenvalue weighted by Crippen LogP contribution is 2.18. The first-order valence-electron chi connectivity index (χ1n) is 7.53. The van der Waals surface area contributed by atoms with Gasteiger partial charge in [-0.2, -0.15) is 0 Å². The smallest absolute Gasteiger partial charge is 0.182 e. The standard InChI is InChI=1S/C18H17ClN2O2/c19-14-9-7-13(8-10-14)17(23)12-21-16-5-2-1-4-15(16)20-18(21)6-3-11-22/h1-2,4-5,7-10,22H,3,6,11-12H2. The predicted octanol–water partition coefficient (Wildman–Crippen LogP) is 3.50. The van der Waals surface area contributed by atoms with Crippen molar-refractivity contribution in [3.8, 4) is 0 Å². The number of nitrogens with zero attached hydrogens (tertiary/aromatic N) is 2. The molecule has 0 aliphatic heterocycles. The fourth-order valence-corrected chi connectivity index (χ4v) is 2.73. The van der Waals surface area contributed by atoms with E-state index in [-0.39, 0.29) is 18.9 Å². The largest absolute Gasteiger partial charge is 0.396 e. The van der Waals surface area contributed by atoms with E-state index in [4.69, 9.17) is 16.7 Å². The molecule has 0 unspecified atom stereocenters. The Morgan fingerprint density at radius 2 is 1.87 bits per heavy atom. The second-order valence-electron chi connectivity index (χ2n) is 5.36. The Labute approximate surface area is 139 Å². The van der Waals surface area contributed by atoms with Crippen molar-refractivity contribution in [3.63, 3.8) is 0 Å². The summed E-state index contributed by atoms with van der Waals surface area (Å²) in [6, 6.07) is 14.6. The fourth-order valence-electron chi connectivity index (χ4n) is 2.60. The lowest BCUT2D eigenvalue weighted by Crippen LogP contribution is -2.13. The number of benzene rings is 2. The average molecular weight is 329 g/mol. The maximum absolute atomic E-state index is 12.6. The first-order valence-corrected chi connectivity index (χ1v) is 7.90. The quantitative estimate of drug-likeness (QED) is 0.705. The van der Waals surface area contributed by atoms with E-state index < -0.39 is 0 Å². The van der Waals surface area contributed by atoms with Gasteiger partial charge in [0.15, 0.2) is 5.78 Å². The summed E-state index contributed by atoms with van der Waals surface area (Å²) in [5, 5.41) is 9.67. The molecule has 0 aliphatic rings. The maximum Gasteiger partial charge on any atom is 0.182 e. The Kier molecular flexibility index (Phi) is 4.74. The Balaban J connectivity index is 1.94. The summed E-state index contributed by atoms with van der Waals surface area (Å²) >= 11 is 5.87. The van der Waals surface area contributed by atoms with Gasteiger partial charge in [-0.25, -0.2) is 4.98 Å². The molecule has 0 radical (unpaired) electrons. The summed E-state index contributed by atoms with van der Waals surface area (Å²) in [5.74, 6) is 0.831. The number of aromatic nitrogens is 2. The zero-order valence-corrected chi connectivity index (χ0v) is 13.3.